The van der Waals surface area contributed by atoms with Gasteiger partial charge >= 0.3 is 0 Å². The van der Waals surface area contributed by atoms with Crippen LogP contribution in [0.25, 0.3) is 6.08 Å². The van der Waals surface area contributed by atoms with Crippen LogP contribution in [0.5, 0.6) is 0 Å². The third-order valence-electron chi connectivity index (χ3n) is 2.52. The lowest BCUT2D eigenvalue weighted by atomic mass is 10.1. The Morgan fingerprint density at radius 2 is 1.71 bits per heavy atom. The molecule has 1 nitrogen and oxygen atoms in total. The van der Waals surface area contributed by atoms with Crippen LogP contribution in [0.15, 0.2) is 36.5 Å². The van der Waals surface area contributed by atoms with Gasteiger partial charge in [-0.15, -0.1) is 0 Å². The maximum Gasteiger partial charge on any atom is 0.0175 e. The van der Waals surface area contributed by atoms with E-state index in [2.05, 4.69) is 47.9 Å². The Labute approximate surface area is 86.1 Å². The van der Waals surface area contributed by atoms with Gasteiger partial charge in [-0.3, -0.25) is 0 Å². The molecule has 1 aromatic carbocycles. The number of likely N-dealkylation sites (tertiary alicyclic amines) is 1. The zero-order valence-electron chi connectivity index (χ0n) is 8.39. The monoisotopic (exact) mass is 186 g/mol. The molecule has 0 saturated carbocycles. The van der Waals surface area contributed by atoms with Gasteiger partial charge in [0.05, 0.1) is 0 Å². The van der Waals surface area contributed by atoms with Crippen LogP contribution in [0.4, 0.5) is 0 Å². The standard InChI is InChI=1S/C13H16N/c1-3-7-13(8-4-1)9-12-14-10-5-2-6-11-14/h1-4,7-9,12H,5-6,10-11H2. The van der Waals surface area contributed by atoms with Crippen molar-refractivity contribution in [2.75, 3.05) is 13.1 Å². The zero-order chi connectivity index (χ0) is 9.64. The molecular formula is C13H16N. The molecule has 0 aromatic heterocycles. The van der Waals surface area contributed by atoms with Gasteiger partial charge in [-0.25, -0.2) is 0 Å². The summed E-state index contributed by atoms with van der Waals surface area (Å²) < 4.78 is 0. The van der Waals surface area contributed by atoms with Gasteiger partial charge in [0.25, 0.3) is 0 Å². The van der Waals surface area contributed by atoms with Crippen molar-refractivity contribution < 1.29 is 0 Å². The molecule has 1 aliphatic rings. The van der Waals surface area contributed by atoms with E-state index in [1.165, 1.54) is 31.5 Å². The molecule has 0 spiro atoms. The molecule has 1 aliphatic heterocycles. The highest BCUT2D eigenvalue weighted by Gasteiger charge is 2.04. The van der Waals surface area contributed by atoms with Crippen molar-refractivity contribution in [1.29, 1.82) is 0 Å². The molecule has 0 aliphatic carbocycles. The minimum absolute atomic E-state index is 1.17. The summed E-state index contributed by atoms with van der Waals surface area (Å²) in [7, 11) is 0. The third-order valence-corrected chi connectivity index (χ3v) is 2.52. The second kappa shape index (κ2) is 4.85. The van der Waals surface area contributed by atoms with Gasteiger partial charge in [0.1, 0.15) is 0 Å². The molecule has 0 bridgehead atoms. The summed E-state index contributed by atoms with van der Waals surface area (Å²) in [6, 6.07) is 10.5. The fourth-order valence-corrected chi connectivity index (χ4v) is 1.68. The van der Waals surface area contributed by atoms with Crippen LogP contribution >= 0.6 is 0 Å². The molecule has 1 aromatic rings. The number of hydrogen-bond acceptors (Lipinski definition) is 1. The Balaban J connectivity index is 1.93. The molecule has 1 heteroatoms. The van der Waals surface area contributed by atoms with Crippen LogP contribution in [0, 0.1) is 6.42 Å². The van der Waals surface area contributed by atoms with E-state index in [1.807, 2.05) is 6.07 Å². The number of hydrogen-bond donors (Lipinski definition) is 0. The lowest BCUT2D eigenvalue weighted by Gasteiger charge is -2.24. The number of nitrogens with zero attached hydrogens (tertiary/aromatic N) is 1. The molecule has 0 atom stereocenters. The topological polar surface area (TPSA) is 3.24 Å². The average Bonchev–Trinajstić information content (AvgIpc) is 2.29. The Morgan fingerprint density at radius 1 is 1.00 bits per heavy atom. The van der Waals surface area contributed by atoms with E-state index in [0.717, 1.165) is 0 Å². The summed E-state index contributed by atoms with van der Waals surface area (Å²) in [4.78, 5) is 2.38. The van der Waals surface area contributed by atoms with Crippen LogP contribution in [0.2, 0.25) is 0 Å². The van der Waals surface area contributed by atoms with Gasteiger partial charge in [-0.1, -0.05) is 30.3 Å². The Hall–Kier alpha value is -1.24. The Bertz CT molecular complexity index is 283. The maximum absolute atomic E-state index is 2.38. The van der Waals surface area contributed by atoms with Gasteiger partial charge < -0.3 is 4.90 Å². The third kappa shape index (κ3) is 2.63. The second-order valence-electron chi connectivity index (χ2n) is 3.63. The molecule has 1 saturated heterocycles. The minimum Gasteiger partial charge on any atom is -0.377 e. The predicted molar refractivity (Wildman–Crippen MR) is 60.6 cm³/mol. The van der Waals surface area contributed by atoms with Crippen molar-refractivity contribution in [3.05, 3.63) is 48.5 Å². The fraction of sp³-hybridized carbons (Fsp3) is 0.308. The first-order valence-electron chi connectivity index (χ1n) is 5.24. The SMILES string of the molecule is [CH]1CCN(C=Cc2ccccc2)CC1. The lowest BCUT2D eigenvalue weighted by Crippen LogP contribution is -2.24. The fourth-order valence-electron chi connectivity index (χ4n) is 1.68. The van der Waals surface area contributed by atoms with Crippen molar-refractivity contribution in [2.24, 2.45) is 0 Å². The van der Waals surface area contributed by atoms with E-state index in [0.29, 0.717) is 0 Å². The van der Waals surface area contributed by atoms with Gasteiger partial charge in [0.2, 0.25) is 0 Å². The summed E-state index contributed by atoms with van der Waals surface area (Å²) in [5.74, 6) is 0. The van der Waals surface area contributed by atoms with Gasteiger partial charge in [0, 0.05) is 13.1 Å². The summed E-state index contributed by atoms with van der Waals surface area (Å²) in [5.41, 5.74) is 1.28. The van der Waals surface area contributed by atoms with E-state index in [9.17, 15) is 0 Å². The van der Waals surface area contributed by atoms with Crippen LogP contribution in [0.3, 0.4) is 0 Å². The molecular weight excluding hydrogens is 170 g/mol. The van der Waals surface area contributed by atoms with Gasteiger partial charge in [-0.2, -0.15) is 0 Å². The first-order chi connectivity index (χ1) is 6.95. The van der Waals surface area contributed by atoms with E-state index in [-0.39, 0.29) is 0 Å². The van der Waals surface area contributed by atoms with Crippen LogP contribution in [-0.4, -0.2) is 18.0 Å². The number of rotatable bonds is 2. The molecule has 0 N–H and O–H groups in total. The molecule has 0 unspecified atom stereocenters. The van der Waals surface area contributed by atoms with Gasteiger partial charge in [-0.05, 0) is 37.1 Å². The van der Waals surface area contributed by atoms with E-state index >= 15 is 0 Å². The summed E-state index contributed by atoms with van der Waals surface area (Å²) >= 11 is 0. The summed E-state index contributed by atoms with van der Waals surface area (Å²) in [5, 5.41) is 0. The van der Waals surface area contributed by atoms with Crippen LogP contribution < -0.4 is 0 Å². The van der Waals surface area contributed by atoms with Crippen LogP contribution in [-0.2, 0) is 0 Å². The molecule has 1 heterocycles. The van der Waals surface area contributed by atoms with E-state index < -0.39 is 0 Å². The number of piperidine rings is 1. The molecule has 1 fully saturated rings. The predicted octanol–water partition coefficient (Wildman–Crippen LogP) is 2.96. The Kier molecular flexibility index (Phi) is 3.23. The molecule has 1 radical (unpaired) electrons. The van der Waals surface area contributed by atoms with Crippen molar-refractivity contribution >= 4 is 6.08 Å². The van der Waals surface area contributed by atoms with E-state index in [4.69, 9.17) is 0 Å². The summed E-state index contributed by atoms with van der Waals surface area (Å²) in [6.07, 6.45) is 9.21. The van der Waals surface area contributed by atoms with Crippen molar-refractivity contribution in [2.45, 2.75) is 12.8 Å². The highest BCUT2D eigenvalue weighted by molar-refractivity contribution is 5.48. The van der Waals surface area contributed by atoms with E-state index in [1.54, 1.807) is 0 Å². The zero-order valence-corrected chi connectivity index (χ0v) is 8.39. The molecule has 73 valence electrons. The first kappa shape index (κ1) is 9.32. The summed E-state index contributed by atoms with van der Waals surface area (Å²) in [6.45, 7) is 2.34. The Morgan fingerprint density at radius 3 is 2.43 bits per heavy atom. The van der Waals surface area contributed by atoms with Crippen LogP contribution in [0.1, 0.15) is 18.4 Å². The second-order valence-corrected chi connectivity index (χ2v) is 3.63. The quantitative estimate of drug-likeness (QED) is 0.686. The maximum atomic E-state index is 2.38. The van der Waals surface area contributed by atoms with Crippen molar-refractivity contribution in [1.82, 2.24) is 4.90 Å². The normalized spacial score (nSPS) is 17.6. The minimum atomic E-state index is 1.17. The number of benzene rings is 1. The first-order valence-corrected chi connectivity index (χ1v) is 5.24. The largest absolute Gasteiger partial charge is 0.377 e. The van der Waals surface area contributed by atoms with Crippen molar-refractivity contribution in [3.8, 4) is 0 Å². The molecule has 14 heavy (non-hydrogen) atoms. The smallest absolute Gasteiger partial charge is 0.0175 e. The molecule has 2 rings (SSSR count). The molecule has 0 amide bonds. The highest BCUT2D eigenvalue weighted by atomic mass is 15.1. The highest BCUT2D eigenvalue weighted by Crippen LogP contribution is 2.09. The van der Waals surface area contributed by atoms with Crippen molar-refractivity contribution in [3.63, 3.8) is 0 Å². The average molecular weight is 186 g/mol. The lowest BCUT2D eigenvalue weighted by molar-refractivity contribution is 0.349. The van der Waals surface area contributed by atoms with Gasteiger partial charge in [0.15, 0.2) is 0 Å².